The van der Waals surface area contributed by atoms with E-state index in [0.717, 1.165) is 28.8 Å². The summed E-state index contributed by atoms with van der Waals surface area (Å²) < 4.78 is 6.78. The molecule has 1 heterocycles. The molecule has 0 amide bonds. The third-order valence-electron chi connectivity index (χ3n) is 2.99. The molecule has 5 heteroatoms. The van der Waals surface area contributed by atoms with Gasteiger partial charge in [0.2, 0.25) is 0 Å². The second-order valence-corrected chi connectivity index (χ2v) is 6.04. The second kappa shape index (κ2) is 5.55. The summed E-state index contributed by atoms with van der Waals surface area (Å²) in [6, 6.07) is 6.00. The predicted octanol–water partition coefficient (Wildman–Crippen LogP) is 2.70. The molecule has 0 aromatic heterocycles. The van der Waals surface area contributed by atoms with Crippen LogP contribution in [0.3, 0.4) is 0 Å². The highest BCUT2D eigenvalue weighted by Gasteiger charge is 2.24. The number of thiocarbonyl (C=S) groups is 1. The minimum atomic E-state index is 0.215. The Morgan fingerprint density at radius 2 is 2.00 bits per heavy atom. The Kier molecular flexibility index (Phi) is 4.25. The van der Waals surface area contributed by atoms with Gasteiger partial charge in [-0.25, -0.2) is 0 Å². The van der Waals surface area contributed by atoms with E-state index in [1.165, 1.54) is 0 Å². The van der Waals surface area contributed by atoms with Crippen molar-refractivity contribution in [3.63, 3.8) is 0 Å². The van der Waals surface area contributed by atoms with E-state index >= 15 is 0 Å². The first-order valence-corrected chi connectivity index (χ1v) is 7.17. The Balaban J connectivity index is 2.36. The van der Waals surface area contributed by atoms with Crippen molar-refractivity contribution in [2.45, 2.75) is 26.1 Å². The van der Waals surface area contributed by atoms with Crippen LogP contribution in [0.4, 0.5) is 5.69 Å². The van der Waals surface area contributed by atoms with Gasteiger partial charge in [0.15, 0.2) is 0 Å². The van der Waals surface area contributed by atoms with Gasteiger partial charge in [-0.05, 0) is 32.0 Å². The largest absolute Gasteiger partial charge is 0.389 e. The number of nitrogens with zero attached hydrogens (tertiary/aromatic N) is 1. The van der Waals surface area contributed by atoms with Crippen molar-refractivity contribution >= 4 is 38.8 Å². The zero-order valence-corrected chi connectivity index (χ0v) is 12.9. The van der Waals surface area contributed by atoms with E-state index in [1.807, 2.05) is 12.1 Å². The van der Waals surface area contributed by atoms with Crippen molar-refractivity contribution in [3.05, 3.63) is 28.2 Å². The summed E-state index contributed by atoms with van der Waals surface area (Å²) >= 11 is 8.63. The van der Waals surface area contributed by atoms with Crippen molar-refractivity contribution in [3.8, 4) is 0 Å². The normalized spacial score (nSPS) is 24.1. The number of halogens is 1. The van der Waals surface area contributed by atoms with E-state index in [1.54, 1.807) is 0 Å². The summed E-state index contributed by atoms with van der Waals surface area (Å²) in [6.07, 6.45) is 0.429. The fourth-order valence-corrected chi connectivity index (χ4v) is 2.87. The van der Waals surface area contributed by atoms with Crippen molar-refractivity contribution in [1.29, 1.82) is 0 Å². The average Bonchev–Trinajstić information content (AvgIpc) is 2.27. The lowest BCUT2D eigenvalue weighted by Crippen LogP contribution is -2.46. The van der Waals surface area contributed by atoms with Crippen LogP contribution >= 0.6 is 28.1 Å². The standard InChI is InChI=1S/C13H17BrN2OS/c1-8-6-16(7-9(2)17-8)12-5-10(14)3-4-11(12)13(15)18/h3-5,8-9H,6-7H2,1-2H3,(H2,15,18)/t8-,9+. The number of hydrogen-bond acceptors (Lipinski definition) is 3. The zero-order valence-electron chi connectivity index (χ0n) is 10.5. The average molecular weight is 329 g/mol. The van der Waals surface area contributed by atoms with Gasteiger partial charge in [0.25, 0.3) is 0 Å². The Morgan fingerprint density at radius 3 is 2.56 bits per heavy atom. The van der Waals surface area contributed by atoms with E-state index < -0.39 is 0 Å². The summed E-state index contributed by atoms with van der Waals surface area (Å²) in [4.78, 5) is 2.72. The summed E-state index contributed by atoms with van der Waals surface area (Å²) in [6.45, 7) is 5.88. The van der Waals surface area contributed by atoms with Crippen LogP contribution in [-0.4, -0.2) is 30.3 Å². The molecule has 2 N–H and O–H groups in total. The maximum atomic E-state index is 5.80. The van der Waals surface area contributed by atoms with Gasteiger partial charge in [-0.2, -0.15) is 0 Å². The minimum Gasteiger partial charge on any atom is -0.389 e. The first-order valence-electron chi connectivity index (χ1n) is 5.97. The number of nitrogens with two attached hydrogens (primary N) is 1. The third-order valence-corrected chi connectivity index (χ3v) is 3.70. The van der Waals surface area contributed by atoms with Crippen LogP contribution in [0.2, 0.25) is 0 Å². The number of rotatable bonds is 2. The van der Waals surface area contributed by atoms with Crippen LogP contribution in [-0.2, 0) is 4.74 Å². The number of anilines is 1. The molecule has 1 fully saturated rings. The Morgan fingerprint density at radius 1 is 1.39 bits per heavy atom. The topological polar surface area (TPSA) is 38.5 Å². The highest BCUT2D eigenvalue weighted by atomic mass is 79.9. The van der Waals surface area contributed by atoms with E-state index in [2.05, 4.69) is 40.7 Å². The first kappa shape index (κ1) is 13.8. The summed E-state index contributed by atoms with van der Waals surface area (Å²) in [5, 5.41) is 0. The van der Waals surface area contributed by atoms with Crippen LogP contribution in [0.25, 0.3) is 0 Å². The second-order valence-electron chi connectivity index (χ2n) is 4.69. The molecule has 0 bridgehead atoms. The van der Waals surface area contributed by atoms with Gasteiger partial charge in [-0.1, -0.05) is 28.1 Å². The van der Waals surface area contributed by atoms with Crippen molar-refractivity contribution in [2.75, 3.05) is 18.0 Å². The molecule has 1 aliphatic rings. The SMILES string of the molecule is C[C@@H]1CN(c2cc(Br)ccc2C(N)=S)C[C@H](C)O1. The lowest BCUT2D eigenvalue weighted by atomic mass is 10.1. The fourth-order valence-electron chi connectivity index (χ4n) is 2.35. The molecule has 2 atom stereocenters. The lowest BCUT2D eigenvalue weighted by molar-refractivity contribution is -0.00522. The Bertz CT molecular complexity index is 456. The van der Waals surface area contributed by atoms with E-state index in [4.69, 9.17) is 22.7 Å². The number of hydrogen-bond donors (Lipinski definition) is 1. The molecular formula is C13H17BrN2OS. The van der Waals surface area contributed by atoms with E-state index in [0.29, 0.717) is 4.99 Å². The van der Waals surface area contributed by atoms with Crippen LogP contribution in [0.15, 0.2) is 22.7 Å². The van der Waals surface area contributed by atoms with Crippen LogP contribution < -0.4 is 10.6 Å². The molecule has 1 aliphatic heterocycles. The molecule has 18 heavy (non-hydrogen) atoms. The molecule has 0 radical (unpaired) electrons. The van der Waals surface area contributed by atoms with Crippen molar-refractivity contribution < 1.29 is 4.74 Å². The quantitative estimate of drug-likeness (QED) is 0.847. The van der Waals surface area contributed by atoms with Gasteiger partial charge in [0, 0.05) is 28.8 Å². The summed E-state index contributed by atoms with van der Waals surface area (Å²) in [5.41, 5.74) is 7.81. The summed E-state index contributed by atoms with van der Waals surface area (Å²) in [7, 11) is 0. The molecule has 98 valence electrons. The molecule has 1 aromatic rings. The highest BCUT2D eigenvalue weighted by Crippen LogP contribution is 2.28. The lowest BCUT2D eigenvalue weighted by Gasteiger charge is -2.37. The van der Waals surface area contributed by atoms with Crippen LogP contribution in [0.1, 0.15) is 19.4 Å². The maximum Gasteiger partial charge on any atom is 0.106 e. The molecule has 3 nitrogen and oxygen atoms in total. The number of benzene rings is 1. The molecule has 0 unspecified atom stereocenters. The smallest absolute Gasteiger partial charge is 0.106 e. The van der Waals surface area contributed by atoms with Crippen LogP contribution in [0, 0.1) is 0 Å². The van der Waals surface area contributed by atoms with Crippen molar-refractivity contribution in [1.82, 2.24) is 0 Å². The molecule has 1 saturated heterocycles. The predicted molar refractivity (Wildman–Crippen MR) is 82.3 cm³/mol. The minimum absolute atomic E-state index is 0.215. The molecule has 0 aliphatic carbocycles. The number of ether oxygens (including phenoxy) is 1. The van der Waals surface area contributed by atoms with Gasteiger partial charge in [-0.15, -0.1) is 0 Å². The van der Waals surface area contributed by atoms with Crippen molar-refractivity contribution in [2.24, 2.45) is 5.73 Å². The zero-order chi connectivity index (χ0) is 13.3. The fraction of sp³-hybridized carbons (Fsp3) is 0.462. The molecule has 2 rings (SSSR count). The van der Waals surface area contributed by atoms with Gasteiger partial charge in [0.1, 0.15) is 4.99 Å². The highest BCUT2D eigenvalue weighted by molar-refractivity contribution is 9.10. The molecule has 0 saturated carbocycles. The van der Waals surface area contributed by atoms with Gasteiger partial charge in [-0.3, -0.25) is 0 Å². The Hall–Kier alpha value is -0.650. The van der Waals surface area contributed by atoms with Gasteiger partial charge in [0.05, 0.1) is 12.2 Å². The van der Waals surface area contributed by atoms with E-state index in [-0.39, 0.29) is 12.2 Å². The van der Waals surface area contributed by atoms with Gasteiger partial charge < -0.3 is 15.4 Å². The van der Waals surface area contributed by atoms with Gasteiger partial charge >= 0.3 is 0 Å². The Labute approximate surface area is 121 Å². The molecule has 1 aromatic carbocycles. The first-order chi connectivity index (χ1) is 8.47. The maximum absolute atomic E-state index is 5.80. The summed E-state index contributed by atoms with van der Waals surface area (Å²) in [5.74, 6) is 0. The molecule has 0 spiro atoms. The number of morpholine rings is 1. The van der Waals surface area contributed by atoms with Crippen LogP contribution in [0.5, 0.6) is 0 Å². The molecular weight excluding hydrogens is 312 g/mol. The third kappa shape index (κ3) is 3.02. The monoisotopic (exact) mass is 328 g/mol. The van der Waals surface area contributed by atoms with E-state index in [9.17, 15) is 0 Å².